The van der Waals surface area contributed by atoms with Crippen LogP contribution in [0.4, 0.5) is 10.1 Å². The Bertz CT molecular complexity index is 1930. The number of hydrogen-bond donors (Lipinski definition) is 2. The van der Waals surface area contributed by atoms with Crippen LogP contribution in [-0.2, 0) is 11.2 Å². The quantitative estimate of drug-likeness (QED) is 0.218. The number of fused-ring (bicyclic) bond motifs is 3. The number of anilines is 1. The number of halogens is 4. The van der Waals surface area contributed by atoms with Crippen molar-refractivity contribution < 1.29 is 14.0 Å². The van der Waals surface area contributed by atoms with Gasteiger partial charge in [-0.1, -0.05) is 23.7 Å². The monoisotopic (exact) mass is 622 g/mol. The zero-order chi connectivity index (χ0) is 27.8. The summed E-state index contributed by atoms with van der Waals surface area (Å²) < 4.78 is 15.4. The second-order valence-electron chi connectivity index (χ2n) is 9.11. The van der Waals surface area contributed by atoms with E-state index in [1.165, 1.54) is 30.6 Å². The Morgan fingerprint density at radius 2 is 1.67 bits per heavy atom. The highest BCUT2D eigenvalue weighted by Crippen LogP contribution is 2.38. The van der Waals surface area contributed by atoms with Crippen molar-refractivity contribution in [2.45, 2.75) is 6.42 Å². The Kier molecular flexibility index (Phi) is 9.06. The predicted molar refractivity (Wildman–Crippen MR) is 166 cm³/mol. The first-order valence-electron chi connectivity index (χ1n) is 12.2. The molecule has 0 atom stereocenters. The van der Waals surface area contributed by atoms with E-state index < -0.39 is 11.8 Å². The van der Waals surface area contributed by atoms with Crippen LogP contribution in [0.2, 0.25) is 5.02 Å². The fraction of sp³-hybridized carbons (Fsp3) is 0.0333. The van der Waals surface area contributed by atoms with Crippen LogP contribution in [0.25, 0.3) is 38.5 Å². The largest absolute Gasteiger partial charge is 0.369 e. The topological polar surface area (TPSA) is 116 Å². The molecule has 0 saturated carbocycles. The number of amides is 2. The van der Waals surface area contributed by atoms with Gasteiger partial charge >= 0.3 is 0 Å². The van der Waals surface area contributed by atoms with E-state index in [0.29, 0.717) is 28.0 Å². The molecule has 0 unspecified atom stereocenters. The number of rotatable bonds is 6. The highest BCUT2D eigenvalue weighted by Gasteiger charge is 2.20. The van der Waals surface area contributed by atoms with E-state index in [-0.39, 0.29) is 47.6 Å². The molecule has 0 bridgehead atoms. The van der Waals surface area contributed by atoms with Gasteiger partial charge in [0, 0.05) is 46.8 Å². The minimum Gasteiger partial charge on any atom is -0.369 e. The average Bonchev–Trinajstić information content (AvgIpc) is 3.31. The van der Waals surface area contributed by atoms with Gasteiger partial charge in [0.15, 0.2) is 0 Å². The lowest BCUT2D eigenvalue weighted by atomic mass is 9.95. The van der Waals surface area contributed by atoms with Gasteiger partial charge in [0.1, 0.15) is 5.82 Å². The number of pyridine rings is 2. The molecule has 42 heavy (non-hydrogen) atoms. The van der Waals surface area contributed by atoms with E-state index in [0.717, 1.165) is 21.9 Å². The Morgan fingerprint density at radius 3 is 2.36 bits per heavy atom. The highest BCUT2D eigenvalue weighted by molar-refractivity contribution is 6.34. The lowest BCUT2D eigenvalue weighted by Crippen LogP contribution is -2.14. The van der Waals surface area contributed by atoms with Crippen LogP contribution in [0, 0.1) is 5.82 Å². The summed E-state index contributed by atoms with van der Waals surface area (Å²) >= 11 is 6.19. The van der Waals surface area contributed by atoms with E-state index in [1.54, 1.807) is 35.3 Å². The van der Waals surface area contributed by atoms with Gasteiger partial charge in [0.25, 0.3) is 5.91 Å². The Balaban J connectivity index is 0.00000202. The number of nitrogens with zero attached hydrogens (tertiary/aromatic N) is 4. The number of carbonyl (C=O) groups excluding carboxylic acids is 2. The lowest BCUT2D eigenvalue weighted by Gasteiger charge is -2.13. The van der Waals surface area contributed by atoms with Gasteiger partial charge in [-0.2, -0.15) is 5.10 Å². The van der Waals surface area contributed by atoms with Gasteiger partial charge in [-0.15, -0.1) is 24.8 Å². The molecule has 3 heterocycles. The molecule has 6 aromatic rings. The first kappa shape index (κ1) is 30.4. The van der Waals surface area contributed by atoms with Crippen molar-refractivity contribution in [1.29, 1.82) is 0 Å². The second kappa shape index (κ2) is 12.5. The summed E-state index contributed by atoms with van der Waals surface area (Å²) in [7, 11) is 0. The summed E-state index contributed by atoms with van der Waals surface area (Å²) in [5.41, 5.74) is 9.82. The van der Waals surface area contributed by atoms with Gasteiger partial charge in [0.2, 0.25) is 5.91 Å². The van der Waals surface area contributed by atoms with Gasteiger partial charge in [-0.05, 0) is 65.5 Å². The molecule has 0 radical (unpaired) electrons. The normalized spacial score (nSPS) is 10.6. The minimum atomic E-state index is -0.538. The molecule has 3 aromatic carbocycles. The number of nitrogens with two attached hydrogens (primary N) is 1. The van der Waals surface area contributed by atoms with Gasteiger partial charge in [0.05, 0.1) is 33.9 Å². The molecule has 0 aliphatic heterocycles. The van der Waals surface area contributed by atoms with Crippen LogP contribution in [-0.4, -0.2) is 31.6 Å². The maximum Gasteiger partial charge on any atom is 0.257 e. The van der Waals surface area contributed by atoms with Crippen molar-refractivity contribution in [2.75, 3.05) is 5.32 Å². The summed E-state index contributed by atoms with van der Waals surface area (Å²) in [5, 5.41) is 10.1. The molecule has 3 N–H and O–H groups in total. The molecule has 0 aliphatic rings. The number of aromatic nitrogens is 4. The van der Waals surface area contributed by atoms with Crippen LogP contribution < -0.4 is 11.1 Å². The van der Waals surface area contributed by atoms with E-state index in [4.69, 9.17) is 22.4 Å². The summed E-state index contributed by atoms with van der Waals surface area (Å²) in [6.45, 7) is 0. The molecular formula is C30H22Cl3FN6O2. The van der Waals surface area contributed by atoms with E-state index in [9.17, 15) is 14.0 Å². The Labute approximate surface area is 256 Å². The third kappa shape index (κ3) is 5.75. The minimum absolute atomic E-state index is 0. The molecule has 8 nitrogen and oxygen atoms in total. The third-order valence-corrected chi connectivity index (χ3v) is 6.81. The maximum atomic E-state index is 13.8. The number of hydrogen-bond acceptors (Lipinski definition) is 5. The molecule has 0 saturated heterocycles. The number of primary amides is 1. The van der Waals surface area contributed by atoms with Crippen LogP contribution in [0.5, 0.6) is 0 Å². The molecule has 2 amide bonds. The molecule has 0 aliphatic carbocycles. The Hall–Kier alpha value is -4.57. The molecule has 0 spiro atoms. The third-order valence-electron chi connectivity index (χ3n) is 6.51. The highest BCUT2D eigenvalue weighted by atomic mass is 35.5. The summed E-state index contributed by atoms with van der Waals surface area (Å²) in [5.74, 6) is -1.32. The molecule has 3 aromatic heterocycles. The van der Waals surface area contributed by atoms with Crippen molar-refractivity contribution in [3.63, 3.8) is 0 Å². The van der Waals surface area contributed by atoms with Crippen LogP contribution in [0.1, 0.15) is 16.1 Å². The van der Waals surface area contributed by atoms with Crippen molar-refractivity contribution in [1.82, 2.24) is 19.7 Å². The standard InChI is InChI=1S/C30H20ClFN6O2.2ClH/c31-26-16-35-11-9-22(26)30(40)36-19-5-8-21-23(17-2-1-10-34-15-17)13-25-27(14-28(33)39)37-38(29(25)24(21)12-19)20-6-3-18(32)4-7-20;;/h1-13,15-16H,14H2,(H2,33,39)(H,36,40);2*1H. The van der Waals surface area contributed by atoms with Crippen molar-refractivity contribution >= 4 is 75.6 Å². The lowest BCUT2D eigenvalue weighted by molar-refractivity contribution is -0.117. The van der Waals surface area contributed by atoms with Gasteiger partial charge < -0.3 is 11.1 Å². The maximum absolute atomic E-state index is 13.8. The predicted octanol–water partition coefficient (Wildman–Crippen LogP) is 6.55. The molecule has 6 rings (SSSR count). The van der Waals surface area contributed by atoms with Crippen molar-refractivity contribution in [3.8, 4) is 16.8 Å². The zero-order valence-electron chi connectivity index (χ0n) is 21.6. The van der Waals surface area contributed by atoms with Crippen molar-refractivity contribution in [2.24, 2.45) is 5.73 Å². The molecule has 212 valence electrons. The summed E-state index contributed by atoms with van der Waals surface area (Å²) in [4.78, 5) is 33.2. The summed E-state index contributed by atoms with van der Waals surface area (Å²) in [6.07, 6.45) is 6.24. The van der Waals surface area contributed by atoms with Crippen LogP contribution >= 0.6 is 36.4 Å². The SMILES string of the molecule is Cl.Cl.NC(=O)Cc1nn(-c2ccc(F)cc2)c2c1cc(-c1cccnc1)c1ccc(NC(=O)c3ccncc3Cl)cc12. The second-order valence-corrected chi connectivity index (χ2v) is 9.52. The van der Waals surface area contributed by atoms with E-state index >= 15 is 0 Å². The fourth-order valence-electron chi connectivity index (χ4n) is 4.74. The molecular weight excluding hydrogens is 602 g/mol. The first-order valence-corrected chi connectivity index (χ1v) is 12.6. The fourth-order valence-corrected chi connectivity index (χ4v) is 4.95. The molecule has 0 fully saturated rings. The smallest absolute Gasteiger partial charge is 0.257 e. The van der Waals surface area contributed by atoms with Gasteiger partial charge in [-0.3, -0.25) is 19.6 Å². The summed E-state index contributed by atoms with van der Waals surface area (Å²) in [6, 6.07) is 18.7. The first-order chi connectivity index (χ1) is 19.4. The molecule has 12 heteroatoms. The average molecular weight is 624 g/mol. The number of nitrogens with one attached hydrogen (secondary N) is 1. The van der Waals surface area contributed by atoms with E-state index in [2.05, 4.69) is 15.3 Å². The number of benzene rings is 3. The van der Waals surface area contributed by atoms with Gasteiger partial charge in [-0.25, -0.2) is 9.07 Å². The van der Waals surface area contributed by atoms with E-state index in [1.807, 2.05) is 30.3 Å². The zero-order valence-corrected chi connectivity index (χ0v) is 24.0. The number of carbonyl (C=O) groups is 2. The van der Waals surface area contributed by atoms with Crippen LogP contribution in [0.3, 0.4) is 0 Å². The van der Waals surface area contributed by atoms with Crippen LogP contribution in [0.15, 0.2) is 91.5 Å². The van der Waals surface area contributed by atoms with Crippen molar-refractivity contribution in [3.05, 3.63) is 114 Å². The Morgan fingerprint density at radius 1 is 0.905 bits per heavy atom.